The molecule has 17 heavy (non-hydrogen) atoms. The lowest BCUT2D eigenvalue weighted by Crippen LogP contribution is -1.90. The van der Waals surface area contributed by atoms with E-state index in [1.807, 2.05) is 26.0 Å². The largest absolute Gasteiger partial charge is 0.507 e. The van der Waals surface area contributed by atoms with E-state index in [1.54, 1.807) is 6.07 Å². The van der Waals surface area contributed by atoms with Gasteiger partial charge in [-0.3, -0.25) is 0 Å². The number of phenolic OH excluding ortho intramolecular Hbond substituents is 1. The van der Waals surface area contributed by atoms with Gasteiger partial charge < -0.3 is 10.1 Å². The van der Waals surface area contributed by atoms with Gasteiger partial charge in [0.05, 0.1) is 11.3 Å². The number of aromatic nitrogens is 2. The number of aromatic hydroxyl groups is 1. The molecule has 3 nitrogen and oxygen atoms in total. The molecule has 0 saturated heterocycles. The monoisotopic (exact) mass is 230 g/mol. The molecule has 0 saturated carbocycles. The lowest BCUT2D eigenvalue weighted by molar-refractivity contribution is 0.477. The zero-order chi connectivity index (χ0) is 12.6. The molecule has 1 heterocycles. The van der Waals surface area contributed by atoms with E-state index in [2.05, 4.69) is 23.8 Å². The summed E-state index contributed by atoms with van der Waals surface area (Å²) in [4.78, 5) is 7.81. The van der Waals surface area contributed by atoms with Crippen molar-refractivity contribution in [2.45, 2.75) is 33.6 Å². The number of hydrogen-bond donors (Lipinski definition) is 2. The number of benzene rings is 1. The van der Waals surface area contributed by atoms with Gasteiger partial charge in [0.15, 0.2) is 0 Å². The van der Waals surface area contributed by atoms with Crippen LogP contribution >= 0.6 is 0 Å². The molecule has 2 N–H and O–H groups in total. The fraction of sp³-hybridized carbons (Fsp3) is 0.357. The summed E-state index contributed by atoms with van der Waals surface area (Å²) < 4.78 is 0. The maximum Gasteiger partial charge on any atom is 0.141 e. The standard InChI is InChI=1S/C14H18N2O/c1-8(2)13-10(4)15-14(16-13)11-7-9(3)5-6-12(11)17/h5-8,17H,1-4H3,(H,15,16). The summed E-state index contributed by atoms with van der Waals surface area (Å²) in [5, 5.41) is 9.87. The van der Waals surface area contributed by atoms with Crippen molar-refractivity contribution in [2.75, 3.05) is 0 Å². The van der Waals surface area contributed by atoms with Gasteiger partial charge in [-0.2, -0.15) is 0 Å². The fourth-order valence-corrected chi connectivity index (χ4v) is 2.00. The van der Waals surface area contributed by atoms with Crippen LogP contribution in [0, 0.1) is 13.8 Å². The van der Waals surface area contributed by atoms with Crippen LogP contribution in [0.15, 0.2) is 18.2 Å². The summed E-state index contributed by atoms with van der Waals surface area (Å²) in [6, 6.07) is 5.53. The van der Waals surface area contributed by atoms with E-state index in [9.17, 15) is 5.11 Å². The smallest absolute Gasteiger partial charge is 0.141 e. The van der Waals surface area contributed by atoms with E-state index in [0.717, 1.165) is 28.3 Å². The Labute approximate surface area is 102 Å². The molecule has 0 atom stereocenters. The predicted molar refractivity (Wildman–Crippen MR) is 69.3 cm³/mol. The fourth-order valence-electron chi connectivity index (χ4n) is 2.00. The van der Waals surface area contributed by atoms with E-state index in [0.29, 0.717) is 5.92 Å². The summed E-state index contributed by atoms with van der Waals surface area (Å²) in [6.07, 6.45) is 0. The zero-order valence-corrected chi connectivity index (χ0v) is 10.7. The van der Waals surface area contributed by atoms with Crippen molar-refractivity contribution in [2.24, 2.45) is 0 Å². The van der Waals surface area contributed by atoms with E-state index < -0.39 is 0 Å². The first kappa shape index (κ1) is 11.7. The van der Waals surface area contributed by atoms with Gasteiger partial charge in [0, 0.05) is 5.69 Å². The van der Waals surface area contributed by atoms with Gasteiger partial charge in [-0.05, 0) is 31.9 Å². The third kappa shape index (κ3) is 2.18. The molecule has 0 aliphatic carbocycles. The van der Waals surface area contributed by atoms with Crippen molar-refractivity contribution in [3.63, 3.8) is 0 Å². The molecule has 2 rings (SSSR count). The van der Waals surface area contributed by atoms with Gasteiger partial charge in [0.2, 0.25) is 0 Å². The third-order valence-electron chi connectivity index (χ3n) is 2.88. The number of aromatic amines is 1. The van der Waals surface area contributed by atoms with Crippen LogP contribution in [-0.2, 0) is 0 Å². The molecule has 1 aromatic carbocycles. The Morgan fingerprint density at radius 2 is 1.94 bits per heavy atom. The summed E-state index contributed by atoms with van der Waals surface area (Å²) in [6.45, 7) is 8.24. The normalized spacial score (nSPS) is 11.1. The lowest BCUT2D eigenvalue weighted by atomic mass is 10.1. The second-order valence-corrected chi connectivity index (χ2v) is 4.77. The maximum absolute atomic E-state index is 9.87. The van der Waals surface area contributed by atoms with Crippen LogP contribution < -0.4 is 0 Å². The average molecular weight is 230 g/mol. The second kappa shape index (κ2) is 4.24. The molecule has 0 unspecified atom stereocenters. The first-order valence-corrected chi connectivity index (χ1v) is 5.85. The van der Waals surface area contributed by atoms with Crippen molar-refractivity contribution in [1.82, 2.24) is 9.97 Å². The highest BCUT2D eigenvalue weighted by Crippen LogP contribution is 2.29. The van der Waals surface area contributed by atoms with Crippen LogP contribution in [0.4, 0.5) is 0 Å². The van der Waals surface area contributed by atoms with Crippen molar-refractivity contribution in [3.05, 3.63) is 35.2 Å². The number of H-pyrrole nitrogens is 1. The molecular weight excluding hydrogens is 212 g/mol. The van der Waals surface area contributed by atoms with Crippen LogP contribution in [0.1, 0.15) is 36.7 Å². The van der Waals surface area contributed by atoms with Gasteiger partial charge >= 0.3 is 0 Å². The minimum absolute atomic E-state index is 0.264. The molecular formula is C14H18N2O. The van der Waals surface area contributed by atoms with Crippen LogP contribution in [-0.4, -0.2) is 15.1 Å². The molecule has 3 heteroatoms. The van der Waals surface area contributed by atoms with E-state index >= 15 is 0 Å². The molecule has 2 aromatic rings. The van der Waals surface area contributed by atoms with Gasteiger partial charge in [0.25, 0.3) is 0 Å². The van der Waals surface area contributed by atoms with Crippen LogP contribution in [0.2, 0.25) is 0 Å². The van der Waals surface area contributed by atoms with Crippen molar-refractivity contribution in [3.8, 4) is 17.1 Å². The lowest BCUT2D eigenvalue weighted by Gasteiger charge is -2.02. The molecule has 0 bridgehead atoms. The first-order chi connectivity index (χ1) is 7.99. The molecule has 0 radical (unpaired) electrons. The number of rotatable bonds is 2. The number of nitrogens with one attached hydrogen (secondary N) is 1. The van der Waals surface area contributed by atoms with Crippen molar-refractivity contribution in [1.29, 1.82) is 0 Å². The van der Waals surface area contributed by atoms with Crippen LogP contribution in [0.3, 0.4) is 0 Å². The number of hydrogen-bond acceptors (Lipinski definition) is 2. The number of imidazole rings is 1. The molecule has 0 amide bonds. The summed E-state index contributed by atoms with van der Waals surface area (Å²) in [7, 11) is 0. The van der Waals surface area contributed by atoms with Gasteiger partial charge in [-0.25, -0.2) is 4.98 Å². The minimum Gasteiger partial charge on any atom is -0.507 e. The summed E-state index contributed by atoms with van der Waals surface area (Å²) in [5.74, 6) is 1.39. The quantitative estimate of drug-likeness (QED) is 0.829. The highest BCUT2D eigenvalue weighted by molar-refractivity contribution is 5.65. The summed E-state index contributed by atoms with van der Waals surface area (Å²) in [5.41, 5.74) is 4.00. The molecule has 0 fully saturated rings. The number of nitrogens with zero attached hydrogens (tertiary/aromatic N) is 1. The van der Waals surface area contributed by atoms with E-state index in [-0.39, 0.29) is 5.75 Å². The minimum atomic E-state index is 0.264. The second-order valence-electron chi connectivity index (χ2n) is 4.77. The van der Waals surface area contributed by atoms with Gasteiger partial charge in [0.1, 0.15) is 11.6 Å². The molecule has 0 aliphatic rings. The van der Waals surface area contributed by atoms with Crippen molar-refractivity contribution >= 4 is 0 Å². The average Bonchev–Trinajstić information content (AvgIpc) is 2.64. The van der Waals surface area contributed by atoms with Crippen molar-refractivity contribution < 1.29 is 5.11 Å². The SMILES string of the molecule is Cc1ccc(O)c(-c2nc(C(C)C)c(C)[nH]2)c1. The highest BCUT2D eigenvalue weighted by Gasteiger charge is 2.13. The Balaban J connectivity index is 2.53. The Bertz CT molecular complexity index is 541. The topological polar surface area (TPSA) is 48.9 Å². The first-order valence-electron chi connectivity index (χ1n) is 5.85. The van der Waals surface area contributed by atoms with Gasteiger partial charge in [-0.1, -0.05) is 25.5 Å². The molecule has 1 aromatic heterocycles. The summed E-state index contributed by atoms with van der Waals surface area (Å²) >= 11 is 0. The Morgan fingerprint density at radius 1 is 1.24 bits per heavy atom. The van der Waals surface area contributed by atoms with Crippen LogP contribution in [0.25, 0.3) is 11.4 Å². The zero-order valence-electron chi connectivity index (χ0n) is 10.7. The van der Waals surface area contributed by atoms with Gasteiger partial charge in [-0.15, -0.1) is 0 Å². The Kier molecular flexibility index (Phi) is 2.92. The predicted octanol–water partition coefficient (Wildman–Crippen LogP) is 3.52. The maximum atomic E-state index is 9.87. The highest BCUT2D eigenvalue weighted by atomic mass is 16.3. The number of aryl methyl sites for hydroxylation is 2. The van der Waals surface area contributed by atoms with Crippen LogP contribution in [0.5, 0.6) is 5.75 Å². The Hall–Kier alpha value is -1.77. The molecule has 0 aliphatic heterocycles. The van der Waals surface area contributed by atoms with E-state index in [1.165, 1.54) is 0 Å². The molecule has 90 valence electrons. The number of phenols is 1. The molecule has 0 spiro atoms. The third-order valence-corrected chi connectivity index (χ3v) is 2.88. The van der Waals surface area contributed by atoms with E-state index in [4.69, 9.17) is 0 Å². The Morgan fingerprint density at radius 3 is 2.53 bits per heavy atom.